The molecule has 140 valence electrons. The maximum atomic E-state index is 12.9. The molecule has 1 aliphatic rings. The maximum Gasteiger partial charge on any atom is 0.325 e. The molecule has 3 rings (SSSR count). The van der Waals surface area contributed by atoms with Crippen LogP contribution in [0.2, 0.25) is 5.02 Å². The van der Waals surface area contributed by atoms with Gasteiger partial charge >= 0.3 is 6.03 Å². The van der Waals surface area contributed by atoms with Crippen molar-refractivity contribution < 1.29 is 14.4 Å². The van der Waals surface area contributed by atoms with Crippen molar-refractivity contribution in [3.63, 3.8) is 0 Å². The molecule has 4 amide bonds. The number of benzene rings is 2. The molecule has 1 aliphatic heterocycles. The fraction of sp³-hybridized carbons (Fsp3) is 0.250. The second-order valence-electron chi connectivity index (χ2n) is 6.82. The molecular weight excluding hydrogens is 366 g/mol. The Morgan fingerprint density at radius 1 is 1.15 bits per heavy atom. The van der Waals surface area contributed by atoms with Gasteiger partial charge in [-0.25, -0.2) is 4.79 Å². The Bertz CT molecular complexity index is 927. The van der Waals surface area contributed by atoms with E-state index in [-0.39, 0.29) is 6.54 Å². The average Bonchev–Trinajstić information content (AvgIpc) is 2.82. The summed E-state index contributed by atoms with van der Waals surface area (Å²) in [5.74, 6) is -0.920. The third kappa shape index (κ3) is 3.66. The van der Waals surface area contributed by atoms with Crippen LogP contribution < -0.4 is 10.6 Å². The Kier molecular flexibility index (Phi) is 4.93. The highest BCUT2D eigenvalue weighted by Crippen LogP contribution is 2.29. The normalized spacial score (nSPS) is 19.2. The Morgan fingerprint density at radius 2 is 1.81 bits per heavy atom. The Balaban J connectivity index is 1.75. The van der Waals surface area contributed by atoms with Crippen LogP contribution in [0, 0.1) is 13.8 Å². The lowest BCUT2D eigenvalue weighted by atomic mass is 9.91. The zero-order valence-electron chi connectivity index (χ0n) is 15.3. The van der Waals surface area contributed by atoms with E-state index in [1.165, 1.54) is 0 Å². The predicted molar refractivity (Wildman–Crippen MR) is 104 cm³/mol. The minimum atomic E-state index is -1.19. The SMILES string of the molecule is Cc1ccc([C@@]2(C)NC(=O)N(CC(=O)Nc3ccc(Cl)cc3C)C2=O)cc1. The van der Waals surface area contributed by atoms with Crippen LogP contribution in [-0.4, -0.2) is 29.3 Å². The molecule has 1 saturated heterocycles. The molecule has 27 heavy (non-hydrogen) atoms. The fourth-order valence-corrected chi connectivity index (χ4v) is 3.25. The number of amides is 4. The van der Waals surface area contributed by atoms with Crippen molar-refractivity contribution in [2.24, 2.45) is 0 Å². The number of aryl methyl sites for hydroxylation is 2. The summed E-state index contributed by atoms with van der Waals surface area (Å²) in [5, 5.41) is 5.97. The van der Waals surface area contributed by atoms with Gasteiger partial charge in [-0.05, 0) is 50.1 Å². The van der Waals surface area contributed by atoms with Crippen molar-refractivity contribution in [3.05, 3.63) is 64.2 Å². The first-order valence-electron chi connectivity index (χ1n) is 8.48. The molecule has 6 nitrogen and oxygen atoms in total. The first-order chi connectivity index (χ1) is 12.7. The number of hydrogen-bond acceptors (Lipinski definition) is 3. The first kappa shape index (κ1) is 18.9. The van der Waals surface area contributed by atoms with E-state index >= 15 is 0 Å². The van der Waals surface area contributed by atoms with Crippen LogP contribution >= 0.6 is 11.6 Å². The Morgan fingerprint density at radius 3 is 2.44 bits per heavy atom. The molecule has 2 aromatic rings. The van der Waals surface area contributed by atoms with Gasteiger partial charge in [-0.3, -0.25) is 14.5 Å². The van der Waals surface area contributed by atoms with E-state index in [1.807, 2.05) is 26.0 Å². The predicted octanol–water partition coefficient (Wildman–Crippen LogP) is 3.36. The quantitative estimate of drug-likeness (QED) is 0.792. The van der Waals surface area contributed by atoms with Crippen LogP contribution in [0.25, 0.3) is 0 Å². The van der Waals surface area contributed by atoms with E-state index in [2.05, 4.69) is 10.6 Å². The third-order valence-corrected chi connectivity index (χ3v) is 4.90. The van der Waals surface area contributed by atoms with Crippen LogP contribution in [0.15, 0.2) is 42.5 Å². The maximum absolute atomic E-state index is 12.9. The first-order valence-corrected chi connectivity index (χ1v) is 8.86. The fourth-order valence-electron chi connectivity index (χ4n) is 3.02. The summed E-state index contributed by atoms with van der Waals surface area (Å²) in [6.45, 7) is 5.02. The number of anilines is 1. The number of urea groups is 1. The molecule has 1 atom stereocenters. The van der Waals surface area contributed by atoms with Gasteiger partial charge in [0.1, 0.15) is 12.1 Å². The summed E-state index contributed by atoms with van der Waals surface area (Å²) in [4.78, 5) is 38.5. The molecule has 2 aromatic carbocycles. The van der Waals surface area contributed by atoms with Gasteiger partial charge in [-0.15, -0.1) is 0 Å². The molecule has 1 heterocycles. The zero-order valence-corrected chi connectivity index (χ0v) is 16.1. The third-order valence-electron chi connectivity index (χ3n) is 4.67. The standard InChI is InChI=1S/C20H20ClN3O3/c1-12-4-6-14(7-5-12)20(3)18(26)24(19(27)23-20)11-17(25)22-16-9-8-15(21)10-13(16)2/h4-10H,11H2,1-3H3,(H,22,25)(H,23,27)/t20-/m1/s1. The van der Waals surface area contributed by atoms with E-state index in [1.54, 1.807) is 37.3 Å². The highest BCUT2D eigenvalue weighted by atomic mass is 35.5. The van der Waals surface area contributed by atoms with Gasteiger partial charge in [-0.2, -0.15) is 0 Å². The number of carbonyl (C=O) groups excluding carboxylic acids is 3. The van der Waals surface area contributed by atoms with Crippen molar-refractivity contribution in [2.45, 2.75) is 26.3 Å². The summed E-state index contributed by atoms with van der Waals surface area (Å²) >= 11 is 5.91. The molecule has 7 heteroatoms. The second-order valence-corrected chi connectivity index (χ2v) is 7.26. The number of carbonyl (C=O) groups is 3. The molecule has 0 unspecified atom stereocenters. The van der Waals surface area contributed by atoms with Gasteiger partial charge in [0.15, 0.2) is 0 Å². The number of hydrogen-bond donors (Lipinski definition) is 2. The second kappa shape index (κ2) is 7.04. The lowest BCUT2D eigenvalue weighted by Gasteiger charge is -2.22. The van der Waals surface area contributed by atoms with Crippen LogP contribution in [0.3, 0.4) is 0 Å². The van der Waals surface area contributed by atoms with Crippen molar-refractivity contribution >= 4 is 35.1 Å². The highest BCUT2D eigenvalue weighted by Gasteiger charge is 2.49. The summed E-state index contributed by atoms with van der Waals surface area (Å²) in [6, 6.07) is 11.8. The van der Waals surface area contributed by atoms with Gasteiger partial charge in [0.05, 0.1) is 0 Å². The van der Waals surface area contributed by atoms with Crippen molar-refractivity contribution in [3.8, 4) is 0 Å². The number of nitrogens with one attached hydrogen (secondary N) is 2. The van der Waals surface area contributed by atoms with Gasteiger partial charge in [0.2, 0.25) is 5.91 Å². The molecule has 0 aromatic heterocycles. The molecule has 0 saturated carbocycles. The summed E-state index contributed by atoms with van der Waals surface area (Å²) < 4.78 is 0. The largest absolute Gasteiger partial charge is 0.325 e. The van der Waals surface area contributed by atoms with E-state index in [9.17, 15) is 14.4 Å². The molecular formula is C20H20ClN3O3. The summed E-state index contributed by atoms with van der Waals surface area (Å²) in [5.41, 5.74) is 1.90. The van der Waals surface area contributed by atoms with Crippen molar-refractivity contribution in [1.82, 2.24) is 10.2 Å². The highest BCUT2D eigenvalue weighted by molar-refractivity contribution is 6.30. The number of nitrogens with zero attached hydrogens (tertiary/aromatic N) is 1. The van der Waals surface area contributed by atoms with Crippen molar-refractivity contribution in [1.29, 1.82) is 0 Å². The lowest BCUT2D eigenvalue weighted by Crippen LogP contribution is -2.42. The van der Waals surface area contributed by atoms with Crippen LogP contribution in [-0.2, 0) is 15.1 Å². The molecule has 0 spiro atoms. The molecule has 0 radical (unpaired) electrons. The minimum Gasteiger partial charge on any atom is -0.324 e. The average molecular weight is 386 g/mol. The van der Waals surface area contributed by atoms with Crippen molar-refractivity contribution in [2.75, 3.05) is 11.9 Å². The van der Waals surface area contributed by atoms with Crippen LogP contribution in [0.1, 0.15) is 23.6 Å². The number of halogens is 1. The molecule has 0 bridgehead atoms. The lowest BCUT2D eigenvalue weighted by molar-refractivity contribution is -0.133. The van der Waals surface area contributed by atoms with E-state index in [4.69, 9.17) is 11.6 Å². The molecule has 0 aliphatic carbocycles. The monoisotopic (exact) mass is 385 g/mol. The zero-order chi connectivity index (χ0) is 19.8. The van der Waals surface area contributed by atoms with Gasteiger partial charge < -0.3 is 10.6 Å². The van der Waals surface area contributed by atoms with Crippen LogP contribution in [0.4, 0.5) is 10.5 Å². The molecule has 2 N–H and O–H groups in total. The molecule has 1 fully saturated rings. The van der Waals surface area contributed by atoms with E-state index in [0.717, 1.165) is 16.0 Å². The van der Waals surface area contributed by atoms with Gasteiger partial charge in [0.25, 0.3) is 5.91 Å². The van der Waals surface area contributed by atoms with E-state index < -0.39 is 23.4 Å². The topological polar surface area (TPSA) is 78.5 Å². The van der Waals surface area contributed by atoms with Gasteiger partial charge in [0, 0.05) is 10.7 Å². The summed E-state index contributed by atoms with van der Waals surface area (Å²) in [6.07, 6.45) is 0. The van der Waals surface area contributed by atoms with E-state index in [0.29, 0.717) is 16.3 Å². The summed E-state index contributed by atoms with van der Waals surface area (Å²) in [7, 11) is 0. The number of imide groups is 1. The Labute approximate surface area is 162 Å². The van der Waals surface area contributed by atoms with Gasteiger partial charge in [-0.1, -0.05) is 41.4 Å². The Hall–Kier alpha value is -2.86. The van der Waals surface area contributed by atoms with Crippen LogP contribution in [0.5, 0.6) is 0 Å². The minimum absolute atomic E-state index is 0.367. The number of rotatable bonds is 4. The smallest absolute Gasteiger partial charge is 0.324 e.